The minimum atomic E-state index is -4.39. The van der Waals surface area contributed by atoms with Crippen molar-refractivity contribution in [3.05, 3.63) is 132 Å². The number of aromatic nitrogens is 3. The predicted octanol–water partition coefficient (Wildman–Crippen LogP) is 7.70. The standard InChI is InChI=1S/C36H28F3N5O2/c1-40-34(45)19-16-28-22-33(25-8-6-23(7-9-25)24-10-12-26(13-11-24)36(37,38)39)44(43-28)29-17-14-27(15-18-29)42-35(46)31-20-21-41-32-5-3-2-4-30(31)32/h2-15,17-18,20-22H,16,19H2,1H3,(H,40,45)(H,42,46). The maximum atomic E-state index is 13.1. The van der Waals surface area contributed by atoms with Crippen LogP contribution >= 0.6 is 0 Å². The van der Waals surface area contributed by atoms with Gasteiger partial charge in [0.2, 0.25) is 5.91 Å². The van der Waals surface area contributed by atoms with Crippen LogP contribution in [0.4, 0.5) is 18.9 Å². The number of alkyl halides is 3. The van der Waals surface area contributed by atoms with E-state index in [-0.39, 0.29) is 18.2 Å². The average Bonchev–Trinajstić information content (AvgIpc) is 3.51. The molecule has 4 aromatic carbocycles. The number of rotatable bonds is 8. The van der Waals surface area contributed by atoms with Gasteiger partial charge in [-0.1, -0.05) is 54.6 Å². The fourth-order valence-electron chi connectivity index (χ4n) is 5.18. The van der Waals surface area contributed by atoms with Crippen LogP contribution in [0.1, 0.15) is 28.0 Å². The molecule has 6 aromatic rings. The van der Waals surface area contributed by atoms with Gasteiger partial charge in [0, 0.05) is 42.7 Å². The van der Waals surface area contributed by atoms with Crippen molar-refractivity contribution >= 4 is 28.4 Å². The maximum absolute atomic E-state index is 13.1. The second-order valence-electron chi connectivity index (χ2n) is 10.6. The van der Waals surface area contributed by atoms with Crippen molar-refractivity contribution < 1.29 is 22.8 Å². The zero-order valence-electron chi connectivity index (χ0n) is 24.7. The number of halogens is 3. The Bertz CT molecular complexity index is 2010. The summed E-state index contributed by atoms with van der Waals surface area (Å²) >= 11 is 0. The van der Waals surface area contributed by atoms with Crippen LogP contribution in [0.3, 0.4) is 0 Å². The molecule has 0 atom stereocenters. The van der Waals surface area contributed by atoms with Crippen molar-refractivity contribution in [2.75, 3.05) is 12.4 Å². The first kappa shape index (κ1) is 30.3. The molecule has 0 aliphatic carbocycles. The first-order valence-corrected chi connectivity index (χ1v) is 14.5. The van der Waals surface area contributed by atoms with Crippen LogP contribution in [0.2, 0.25) is 0 Å². The fourth-order valence-corrected chi connectivity index (χ4v) is 5.18. The van der Waals surface area contributed by atoms with E-state index in [1.807, 2.05) is 66.7 Å². The summed E-state index contributed by atoms with van der Waals surface area (Å²) in [7, 11) is 1.59. The molecule has 2 amide bonds. The number of anilines is 1. The Morgan fingerprint density at radius 2 is 1.46 bits per heavy atom. The highest BCUT2D eigenvalue weighted by molar-refractivity contribution is 6.12. The molecule has 2 N–H and O–H groups in total. The third-order valence-corrected chi connectivity index (χ3v) is 7.64. The summed E-state index contributed by atoms with van der Waals surface area (Å²) in [5.41, 5.74) is 5.64. The van der Waals surface area contributed by atoms with Crippen LogP contribution < -0.4 is 10.6 Å². The number of hydrogen-bond acceptors (Lipinski definition) is 4. The maximum Gasteiger partial charge on any atom is 0.416 e. The number of pyridine rings is 1. The Balaban J connectivity index is 1.27. The van der Waals surface area contributed by atoms with Gasteiger partial charge in [-0.2, -0.15) is 18.3 Å². The molecule has 0 radical (unpaired) electrons. The van der Waals surface area contributed by atoms with Gasteiger partial charge >= 0.3 is 6.18 Å². The summed E-state index contributed by atoms with van der Waals surface area (Å²) in [6.07, 6.45) is -2.09. The third-order valence-electron chi connectivity index (χ3n) is 7.64. The highest BCUT2D eigenvalue weighted by Gasteiger charge is 2.30. The molecular weight excluding hydrogens is 591 g/mol. The van der Waals surface area contributed by atoms with Crippen molar-refractivity contribution in [3.8, 4) is 28.1 Å². The van der Waals surface area contributed by atoms with Gasteiger partial charge in [-0.3, -0.25) is 14.6 Å². The van der Waals surface area contributed by atoms with Crippen LogP contribution in [0.5, 0.6) is 0 Å². The van der Waals surface area contributed by atoms with Gasteiger partial charge in [-0.25, -0.2) is 4.68 Å². The number of fused-ring (bicyclic) bond motifs is 1. The first-order valence-electron chi connectivity index (χ1n) is 14.5. The second kappa shape index (κ2) is 12.7. The Morgan fingerprint density at radius 3 is 2.13 bits per heavy atom. The van der Waals surface area contributed by atoms with Crippen LogP contribution in [0, 0.1) is 0 Å². The predicted molar refractivity (Wildman–Crippen MR) is 172 cm³/mol. The molecule has 10 heteroatoms. The van der Waals surface area contributed by atoms with Gasteiger partial charge in [-0.15, -0.1) is 0 Å². The van der Waals surface area contributed by atoms with Crippen molar-refractivity contribution in [1.82, 2.24) is 20.1 Å². The molecule has 0 aliphatic rings. The van der Waals surface area contributed by atoms with Gasteiger partial charge in [0.25, 0.3) is 5.91 Å². The number of nitrogens with one attached hydrogen (secondary N) is 2. The number of carbonyl (C=O) groups excluding carboxylic acids is 2. The molecule has 0 fully saturated rings. The number of nitrogens with zero attached hydrogens (tertiary/aromatic N) is 3. The van der Waals surface area contributed by atoms with Crippen LogP contribution in [-0.2, 0) is 17.4 Å². The van der Waals surface area contributed by atoms with Crippen molar-refractivity contribution in [2.45, 2.75) is 19.0 Å². The molecule has 0 saturated carbocycles. The molecule has 2 aromatic heterocycles. The number of para-hydroxylation sites is 1. The Hall–Kier alpha value is -5.77. The molecule has 0 aliphatic heterocycles. The van der Waals surface area contributed by atoms with E-state index < -0.39 is 11.7 Å². The lowest BCUT2D eigenvalue weighted by Crippen LogP contribution is -2.18. The van der Waals surface area contributed by atoms with Crippen molar-refractivity contribution in [2.24, 2.45) is 0 Å². The number of benzene rings is 4. The van der Waals surface area contributed by atoms with Gasteiger partial charge in [0.1, 0.15) is 0 Å². The third kappa shape index (κ3) is 6.51. The lowest BCUT2D eigenvalue weighted by molar-refractivity contribution is -0.137. The van der Waals surface area contributed by atoms with Gasteiger partial charge < -0.3 is 10.6 Å². The molecule has 0 saturated heterocycles. The smallest absolute Gasteiger partial charge is 0.359 e. The average molecular weight is 620 g/mol. The lowest BCUT2D eigenvalue weighted by atomic mass is 10.0. The van der Waals surface area contributed by atoms with Crippen molar-refractivity contribution in [3.63, 3.8) is 0 Å². The first-order chi connectivity index (χ1) is 22.2. The minimum Gasteiger partial charge on any atom is -0.359 e. The Labute approximate surface area is 262 Å². The number of amides is 2. The summed E-state index contributed by atoms with van der Waals surface area (Å²) < 4.78 is 40.8. The molecule has 6 rings (SSSR count). The summed E-state index contributed by atoms with van der Waals surface area (Å²) in [5, 5.41) is 11.1. The van der Waals surface area contributed by atoms with E-state index >= 15 is 0 Å². The summed E-state index contributed by atoms with van der Waals surface area (Å²) in [6, 6.07) is 30.8. The monoisotopic (exact) mass is 619 g/mol. The summed E-state index contributed by atoms with van der Waals surface area (Å²) in [6.45, 7) is 0. The molecule has 2 heterocycles. The molecule has 46 heavy (non-hydrogen) atoms. The van der Waals surface area contributed by atoms with Crippen LogP contribution in [0.25, 0.3) is 39.0 Å². The fraction of sp³-hybridized carbons (Fsp3) is 0.111. The Morgan fingerprint density at radius 1 is 0.804 bits per heavy atom. The molecule has 230 valence electrons. The lowest BCUT2D eigenvalue weighted by Gasteiger charge is -2.11. The minimum absolute atomic E-state index is 0.0981. The SMILES string of the molecule is CNC(=O)CCc1cc(-c2ccc(-c3ccc(C(F)(F)F)cc3)cc2)n(-c2ccc(NC(=O)c3ccnc4ccccc34)cc2)n1. The zero-order chi connectivity index (χ0) is 32.3. The van der Waals surface area contributed by atoms with E-state index in [1.54, 1.807) is 36.1 Å². The largest absolute Gasteiger partial charge is 0.416 e. The van der Waals surface area contributed by atoms with Crippen molar-refractivity contribution in [1.29, 1.82) is 0 Å². The van der Waals surface area contributed by atoms with E-state index in [0.717, 1.165) is 45.5 Å². The molecule has 7 nitrogen and oxygen atoms in total. The number of hydrogen-bond donors (Lipinski definition) is 2. The van der Waals surface area contributed by atoms with Gasteiger partial charge in [0.05, 0.1) is 33.7 Å². The molecule has 0 bridgehead atoms. The molecule has 0 unspecified atom stereocenters. The number of carbonyl (C=O) groups is 2. The normalized spacial score (nSPS) is 11.4. The highest BCUT2D eigenvalue weighted by Crippen LogP contribution is 2.32. The zero-order valence-corrected chi connectivity index (χ0v) is 24.7. The van der Waals surface area contributed by atoms with E-state index in [2.05, 4.69) is 15.6 Å². The van der Waals surface area contributed by atoms with E-state index in [9.17, 15) is 22.8 Å². The summed E-state index contributed by atoms with van der Waals surface area (Å²) in [5.74, 6) is -0.352. The van der Waals surface area contributed by atoms with E-state index in [1.165, 1.54) is 12.1 Å². The van der Waals surface area contributed by atoms with Crippen LogP contribution in [-0.4, -0.2) is 33.6 Å². The van der Waals surface area contributed by atoms with E-state index in [0.29, 0.717) is 28.9 Å². The topological polar surface area (TPSA) is 88.9 Å². The number of aryl methyl sites for hydroxylation is 1. The van der Waals surface area contributed by atoms with Gasteiger partial charge in [-0.05, 0) is 65.7 Å². The summed E-state index contributed by atoms with van der Waals surface area (Å²) in [4.78, 5) is 29.4. The van der Waals surface area contributed by atoms with Crippen LogP contribution in [0.15, 0.2) is 115 Å². The highest BCUT2D eigenvalue weighted by atomic mass is 19.4. The van der Waals surface area contributed by atoms with Gasteiger partial charge in [0.15, 0.2) is 0 Å². The van der Waals surface area contributed by atoms with E-state index in [4.69, 9.17) is 5.10 Å². The Kier molecular flexibility index (Phi) is 8.35. The second-order valence-corrected chi connectivity index (χ2v) is 10.6. The quantitative estimate of drug-likeness (QED) is 0.183. The molecular formula is C36H28F3N5O2. The molecule has 0 spiro atoms.